The number of urea groups is 1. The molecule has 0 radical (unpaired) electrons. The maximum atomic E-state index is 12.6. The average molecular weight is 371 g/mol. The lowest BCUT2D eigenvalue weighted by molar-refractivity contribution is -0.128. The Labute approximate surface area is 160 Å². The highest BCUT2D eigenvalue weighted by atomic mass is 16.2. The summed E-state index contributed by atoms with van der Waals surface area (Å²) in [6, 6.07) is 7.14. The van der Waals surface area contributed by atoms with Crippen molar-refractivity contribution in [2.24, 2.45) is 5.41 Å². The SMILES string of the molecule is CC(=O)N(C)Cc1ccccc1NC(=O)N[C@@H](Cn1ccnc1)C(C)(C)C. The van der Waals surface area contributed by atoms with Crippen molar-refractivity contribution < 1.29 is 9.59 Å². The predicted octanol–water partition coefficient (Wildman–Crippen LogP) is 3.10. The summed E-state index contributed by atoms with van der Waals surface area (Å²) in [5, 5.41) is 5.99. The third-order valence-corrected chi connectivity index (χ3v) is 4.51. The molecule has 1 aromatic heterocycles. The van der Waals surface area contributed by atoms with Crippen molar-refractivity contribution in [1.82, 2.24) is 19.8 Å². The number of nitrogens with one attached hydrogen (secondary N) is 2. The number of nitrogens with zero attached hydrogens (tertiary/aromatic N) is 3. The zero-order valence-electron chi connectivity index (χ0n) is 16.7. The first-order chi connectivity index (χ1) is 12.7. The van der Waals surface area contributed by atoms with E-state index in [9.17, 15) is 9.59 Å². The van der Waals surface area contributed by atoms with Gasteiger partial charge in [0.05, 0.1) is 12.4 Å². The molecule has 0 fully saturated rings. The Balaban J connectivity index is 2.08. The fourth-order valence-electron chi connectivity index (χ4n) is 2.61. The minimum Gasteiger partial charge on any atom is -0.342 e. The molecule has 3 amide bonds. The van der Waals surface area contributed by atoms with Gasteiger partial charge in [-0.3, -0.25) is 4.79 Å². The zero-order valence-corrected chi connectivity index (χ0v) is 16.7. The van der Waals surface area contributed by atoms with Crippen molar-refractivity contribution in [1.29, 1.82) is 0 Å². The zero-order chi connectivity index (χ0) is 20.0. The van der Waals surface area contributed by atoms with Gasteiger partial charge in [0.2, 0.25) is 5.91 Å². The van der Waals surface area contributed by atoms with Gasteiger partial charge >= 0.3 is 6.03 Å². The number of rotatable bonds is 6. The van der Waals surface area contributed by atoms with E-state index in [-0.39, 0.29) is 23.4 Å². The van der Waals surface area contributed by atoms with Crippen LogP contribution in [0, 0.1) is 5.41 Å². The van der Waals surface area contributed by atoms with Gasteiger partial charge in [-0.2, -0.15) is 0 Å². The van der Waals surface area contributed by atoms with E-state index in [4.69, 9.17) is 0 Å². The van der Waals surface area contributed by atoms with Crippen molar-refractivity contribution in [2.75, 3.05) is 12.4 Å². The van der Waals surface area contributed by atoms with Crippen molar-refractivity contribution in [3.63, 3.8) is 0 Å². The molecule has 0 bridgehead atoms. The van der Waals surface area contributed by atoms with Crippen molar-refractivity contribution in [3.05, 3.63) is 48.5 Å². The summed E-state index contributed by atoms with van der Waals surface area (Å²) in [5.74, 6) is -0.0256. The molecule has 0 saturated heterocycles. The molecular formula is C20H29N5O2. The van der Waals surface area contributed by atoms with E-state index in [1.54, 1.807) is 24.5 Å². The van der Waals surface area contributed by atoms with Crippen LogP contribution in [0.3, 0.4) is 0 Å². The summed E-state index contributed by atoms with van der Waals surface area (Å²) < 4.78 is 1.95. The number of hydrogen-bond donors (Lipinski definition) is 2. The Hall–Kier alpha value is -2.83. The van der Waals surface area contributed by atoms with Gasteiger partial charge in [0.1, 0.15) is 0 Å². The van der Waals surface area contributed by atoms with Gasteiger partial charge in [-0.25, -0.2) is 9.78 Å². The van der Waals surface area contributed by atoms with Gasteiger partial charge in [0, 0.05) is 45.1 Å². The molecule has 7 nitrogen and oxygen atoms in total. The standard InChI is InChI=1S/C20H29N5O2/c1-15(26)24(5)12-16-8-6-7-9-17(16)22-19(27)23-18(20(2,3)4)13-25-11-10-21-14-25/h6-11,14,18H,12-13H2,1-5H3,(H2,22,23,27)/t18-/m0/s1. The van der Waals surface area contributed by atoms with Crippen molar-refractivity contribution in [2.45, 2.75) is 46.8 Å². The third-order valence-electron chi connectivity index (χ3n) is 4.51. The Morgan fingerprint density at radius 1 is 1.26 bits per heavy atom. The number of anilines is 1. The van der Waals surface area contributed by atoms with Crippen LogP contribution in [0.1, 0.15) is 33.3 Å². The number of carbonyl (C=O) groups is 2. The molecule has 1 heterocycles. The van der Waals surface area contributed by atoms with E-state index in [1.165, 1.54) is 6.92 Å². The predicted molar refractivity (Wildman–Crippen MR) is 106 cm³/mol. The van der Waals surface area contributed by atoms with Crippen molar-refractivity contribution in [3.8, 4) is 0 Å². The van der Waals surface area contributed by atoms with Crippen LogP contribution in [0.4, 0.5) is 10.5 Å². The second kappa shape index (κ2) is 8.70. The second-order valence-corrected chi connectivity index (χ2v) is 7.81. The lowest BCUT2D eigenvalue weighted by Gasteiger charge is -2.32. The Bertz CT molecular complexity index is 765. The molecule has 2 rings (SSSR count). The van der Waals surface area contributed by atoms with Crippen LogP contribution in [-0.4, -0.2) is 39.5 Å². The quantitative estimate of drug-likeness (QED) is 0.819. The molecule has 27 heavy (non-hydrogen) atoms. The number of amides is 3. The molecule has 146 valence electrons. The largest absolute Gasteiger partial charge is 0.342 e. The summed E-state index contributed by atoms with van der Waals surface area (Å²) >= 11 is 0. The lowest BCUT2D eigenvalue weighted by Crippen LogP contribution is -2.48. The summed E-state index contributed by atoms with van der Waals surface area (Å²) in [6.07, 6.45) is 5.35. The highest BCUT2D eigenvalue weighted by Crippen LogP contribution is 2.22. The lowest BCUT2D eigenvalue weighted by atomic mass is 9.86. The van der Waals surface area contributed by atoms with Crippen LogP contribution in [0.2, 0.25) is 0 Å². The molecular weight excluding hydrogens is 342 g/mol. The molecule has 1 atom stereocenters. The van der Waals surface area contributed by atoms with Gasteiger partial charge in [-0.05, 0) is 17.0 Å². The summed E-state index contributed by atoms with van der Waals surface area (Å²) in [7, 11) is 1.74. The molecule has 2 N–H and O–H groups in total. The molecule has 0 spiro atoms. The summed E-state index contributed by atoms with van der Waals surface area (Å²) in [6.45, 7) is 8.85. The minimum atomic E-state index is -0.270. The second-order valence-electron chi connectivity index (χ2n) is 7.81. The van der Waals surface area contributed by atoms with E-state index in [2.05, 4.69) is 36.4 Å². The molecule has 0 unspecified atom stereocenters. The van der Waals surface area contributed by atoms with Crippen LogP contribution in [-0.2, 0) is 17.9 Å². The molecule has 0 aliphatic carbocycles. The third kappa shape index (κ3) is 6.13. The molecule has 0 saturated carbocycles. The molecule has 0 aliphatic heterocycles. The Morgan fingerprint density at radius 2 is 1.96 bits per heavy atom. The molecule has 7 heteroatoms. The van der Waals surface area contributed by atoms with Gasteiger partial charge in [0.25, 0.3) is 0 Å². The highest BCUT2D eigenvalue weighted by molar-refractivity contribution is 5.90. The topological polar surface area (TPSA) is 79.3 Å². The van der Waals surface area contributed by atoms with Gasteiger partial charge in [0.15, 0.2) is 0 Å². The van der Waals surface area contributed by atoms with Gasteiger partial charge in [-0.15, -0.1) is 0 Å². The van der Waals surface area contributed by atoms with Crippen LogP contribution >= 0.6 is 0 Å². The van der Waals surface area contributed by atoms with E-state index < -0.39 is 0 Å². The van der Waals surface area contributed by atoms with Gasteiger partial charge in [-0.1, -0.05) is 39.0 Å². The number of carbonyl (C=O) groups excluding carboxylic acids is 2. The van der Waals surface area contributed by atoms with Crippen LogP contribution in [0.5, 0.6) is 0 Å². The summed E-state index contributed by atoms with van der Waals surface area (Å²) in [5.41, 5.74) is 1.45. The first-order valence-electron chi connectivity index (χ1n) is 8.99. The van der Waals surface area contributed by atoms with Crippen LogP contribution in [0.15, 0.2) is 43.0 Å². The van der Waals surface area contributed by atoms with Crippen LogP contribution < -0.4 is 10.6 Å². The number of imidazole rings is 1. The average Bonchev–Trinajstić information content (AvgIpc) is 3.08. The van der Waals surface area contributed by atoms with Crippen LogP contribution in [0.25, 0.3) is 0 Å². The number of hydrogen-bond acceptors (Lipinski definition) is 3. The summed E-state index contributed by atoms with van der Waals surface area (Å²) in [4.78, 5) is 29.8. The maximum absolute atomic E-state index is 12.6. The smallest absolute Gasteiger partial charge is 0.319 e. The highest BCUT2D eigenvalue weighted by Gasteiger charge is 2.26. The number of para-hydroxylation sites is 1. The van der Waals surface area contributed by atoms with E-state index in [1.807, 2.05) is 35.0 Å². The fraction of sp³-hybridized carbons (Fsp3) is 0.450. The number of aromatic nitrogens is 2. The minimum absolute atomic E-state index is 0.0256. The van der Waals surface area contributed by atoms with E-state index in [0.717, 1.165) is 5.56 Å². The van der Waals surface area contributed by atoms with Crippen molar-refractivity contribution >= 4 is 17.6 Å². The molecule has 0 aliphatic rings. The van der Waals surface area contributed by atoms with E-state index >= 15 is 0 Å². The van der Waals surface area contributed by atoms with E-state index in [0.29, 0.717) is 18.8 Å². The normalized spacial score (nSPS) is 12.3. The van der Waals surface area contributed by atoms with Gasteiger partial charge < -0.3 is 20.1 Å². The molecule has 1 aromatic carbocycles. The number of benzene rings is 1. The Kier molecular flexibility index (Phi) is 6.60. The molecule has 2 aromatic rings. The first-order valence-corrected chi connectivity index (χ1v) is 8.99. The first kappa shape index (κ1) is 20.5. The maximum Gasteiger partial charge on any atom is 0.319 e. The fourth-order valence-corrected chi connectivity index (χ4v) is 2.61. The Morgan fingerprint density at radius 3 is 2.56 bits per heavy atom. The monoisotopic (exact) mass is 371 g/mol.